The molecule has 4 rings (SSSR count). The lowest BCUT2D eigenvalue weighted by atomic mass is 10.1. The van der Waals surface area contributed by atoms with Crippen LogP contribution < -0.4 is 0 Å². The summed E-state index contributed by atoms with van der Waals surface area (Å²) < 4.78 is 23.9. The third-order valence-corrected chi connectivity index (χ3v) is 4.73. The number of ether oxygens (including phenoxy) is 1. The maximum Gasteiger partial charge on any atom is 0.329 e. The molecular weight excluding hydrogens is 393 g/mol. The summed E-state index contributed by atoms with van der Waals surface area (Å²) in [4.78, 5) is 38.5. The van der Waals surface area contributed by atoms with E-state index in [2.05, 4.69) is 10.2 Å². The predicted octanol–water partition coefficient (Wildman–Crippen LogP) is 3.16. The zero-order valence-corrected chi connectivity index (χ0v) is 16.0. The minimum absolute atomic E-state index is 0.0252. The van der Waals surface area contributed by atoms with E-state index in [1.54, 1.807) is 12.1 Å². The molecule has 2 heterocycles. The zero-order valence-electron chi connectivity index (χ0n) is 16.0. The number of nitrogens with zero attached hydrogens (tertiary/aromatic N) is 3. The standard InChI is InChI=1S/C21H16FN3O5/c1-11(25-19(26)15-5-3-4-6-16(15)20(25)27)21(28)29-12(2)17-23-24-18(30-17)13-7-9-14(22)10-8-13/h3-12H,1-2H3/t11-,12+/m1/s1. The van der Waals surface area contributed by atoms with Crippen LogP contribution in [0.4, 0.5) is 4.39 Å². The quantitative estimate of drug-likeness (QED) is 0.471. The van der Waals surface area contributed by atoms with Gasteiger partial charge in [-0.1, -0.05) is 12.1 Å². The fraction of sp³-hybridized carbons (Fsp3) is 0.190. The molecule has 3 aromatic rings. The number of rotatable bonds is 5. The van der Waals surface area contributed by atoms with E-state index < -0.39 is 35.7 Å². The Hall–Kier alpha value is -3.88. The van der Waals surface area contributed by atoms with Crippen LogP contribution in [0, 0.1) is 5.82 Å². The van der Waals surface area contributed by atoms with Crippen molar-refractivity contribution in [3.8, 4) is 11.5 Å². The van der Waals surface area contributed by atoms with Crippen LogP contribution in [-0.2, 0) is 9.53 Å². The minimum Gasteiger partial charge on any atom is -0.451 e. The first-order chi connectivity index (χ1) is 14.4. The van der Waals surface area contributed by atoms with Crippen LogP contribution in [0.15, 0.2) is 52.9 Å². The molecule has 1 aliphatic heterocycles. The van der Waals surface area contributed by atoms with E-state index in [-0.39, 0.29) is 22.9 Å². The number of esters is 1. The Morgan fingerprint density at radius 1 is 1.00 bits per heavy atom. The number of amides is 2. The number of carbonyl (C=O) groups excluding carboxylic acids is 3. The normalized spacial score (nSPS) is 15.1. The SMILES string of the molecule is C[C@H](OC(=O)[C@@H](C)N1C(=O)c2ccccc2C1=O)c1nnc(-c2ccc(F)cc2)o1. The molecule has 0 bridgehead atoms. The maximum atomic E-state index is 13.0. The molecule has 0 fully saturated rings. The number of halogens is 1. The van der Waals surface area contributed by atoms with Gasteiger partial charge in [0, 0.05) is 5.56 Å². The summed E-state index contributed by atoms with van der Waals surface area (Å²) in [5, 5.41) is 7.72. The highest BCUT2D eigenvalue weighted by Crippen LogP contribution is 2.27. The Balaban J connectivity index is 1.46. The van der Waals surface area contributed by atoms with Crippen LogP contribution in [0.25, 0.3) is 11.5 Å². The second-order valence-electron chi connectivity index (χ2n) is 6.73. The molecular formula is C21H16FN3O5. The van der Waals surface area contributed by atoms with E-state index >= 15 is 0 Å². The van der Waals surface area contributed by atoms with E-state index in [1.807, 2.05) is 0 Å². The first kappa shape index (κ1) is 19.4. The number of fused-ring (bicyclic) bond motifs is 1. The molecule has 0 unspecified atom stereocenters. The second kappa shape index (κ2) is 7.51. The molecule has 2 atom stereocenters. The predicted molar refractivity (Wildman–Crippen MR) is 101 cm³/mol. The average Bonchev–Trinajstić information content (AvgIpc) is 3.33. The fourth-order valence-electron chi connectivity index (χ4n) is 3.10. The lowest BCUT2D eigenvalue weighted by Gasteiger charge is -2.22. The van der Waals surface area contributed by atoms with Gasteiger partial charge in [-0.3, -0.25) is 14.5 Å². The molecule has 0 spiro atoms. The molecule has 1 aromatic heterocycles. The molecule has 0 radical (unpaired) electrons. The highest BCUT2D eigenvalue weighted by molar-refractivity contribution is 6.22. The molecule has 2 amide bonds. The highest BCUT2D eigenvalue weighted by atomic mass is 19.1. The first-order valence-electron chi connectivity index (χ1n) is 9.13. The summed E-state index contributed by atoms with van der Waals surface area (Å²) >= 11 is 0. The summed E-state index contributed by atoms with van der Waals surface area (Å²) in [5.74, 6) is -2.13. The molecule has 0 saturated heterocycles. The number of benzene rings is 2. The summed E-state index contributed by atoms with van der Waals surface area (Å²) in [6.45, 7) is 2.93. The molecule has 2 aromatic carbocycles. The van der Waals surface area contributed by atoms with E-state index in [0.29, 0.717) is 5.56 Å². The topological polar surface area (TPSA) is 103 Å². The Morgan fingerprint density at radius 3 is 2.20 bits per heavy atom. The van der Waals surface area contributed by atoms with Gasteiger partial charge in [0.2, 0.25) is 5.89 Å². The summed E-state index contributed by atoms with van der Waals surface area (Å²) in [6.07, 6.45) is -0.920. The van der Waals surface area contributed by atoms with Crippen molar-refractivity contribution in [2.45, 2.75) is 26.0 Å². The van der Waals surface area contributed by atoms with Gasteiger partial charge in [0.05, 0.1) is 11.1 Å². The van der Waals surface area contributed by atoms with Crippen molar-refractivity contribution >= 4 is 17.8 Å². The van der Waals surface area contributed by atoms with Crippen molar-refractivity contribution in [1.29, 1.82) is 0 Å². The van der Waals surface area contributed by atoms with E-state index in [9.17, 15) is 18.8 Å². The van der Waals surface area contributed by atoms with E-state index in [0.717, 1.165) is 4.90 Å². The largest absolute Gasteiger partial charge is 0.451 e. The smallest absolute Gasteiger partial charge is 0.329 e. The molecule has 0 aliphatic carbocycles. The van der Waals surface area contributed by atoms with Crippen LogP contribution in [-0.4, -0.2) is 38.9 Å². The van der Waals surface area contributed by atoms with Gasteiger partial charge in [-0.25, -0.2) is 9.18 Å². The maximum absolute atomic E-state index is 13.0. The van der Waals surface area contributed by atoms with Crippen LogP contribution in [0.5, 0.6) is 0 Å². The molecule has 9 heteroatoms. The van der Waals surface area contributed by atoms with Crippen LogP contribution in [0.3, 0.4) is 0 Å². The van der Waals surface area contributed by atoms with Gasteiger partial charge in [0.1, 0.15) is 11.9 Å². The molecule has 0 N–H and O–H groups in total. The Labute approximate surface area is 170 Å². The van der Waals surface area contributed by atoms with Crippen molar-refractivity contribution in [2.75, 3.05) is 0 Å². The van der Waals surface area contributed by atoms with Gasteiger partial charge in [-0.05, 0) is 50.2 Å². The summed E-state index contributed by atoms with van der Waals surface area (Å²) in [6, 6.07) is 10.7. The molecule has 0 saturated carbocycles. The van der Waals surface area contributed by atoms with Crippen molar-refractivity contribution < 1.29 is 27.9 Å². The zero-order chi connectivity index (χ0) is 21.4. The number of imide groups is 1. The van der Waals surface area contributed by atoms with Gasteiger partial charge < -0.3 is 9.15 Å². The van der Waals surface area contributed by atoms with Crippen LogP contribution in [0.2, 0.25) is 0 Å². The van der Waals surface area contributed by atoms with Gasteiger partial charge in [0.15, 0.2) is 6.10 Å². The van der Waals surface area contributed by atoms with Crippen LogP contribution >= 0.6 is 0 Å². The molecule has 152 valence electrons. The Kier molecular flexibility index (Phi) is 4.86. The third-order valence-electron chi connectivity index (χ3n) is 4.73. The number of hydrogen-bond donors (Lipinski definition) is 0. The van der Waals surface area contributed by atoms with Gasteiger partial charge in [0.25, 0.3) is 17.7 Å². The molecule has 1 aliphatic rings. The van der Waals surface area contributed by atoms with E-state index in [1.165, 1.54) is 50.2 Å². The third kappa shape index (κ3) is 3.34. The monoisotopic (exact) mass is 409 g/mol. The average molecular weight is 409 g/mol. The summed E-state index contributed by atoms with van der Waals surface area (Å²) in [5.41, 5.74) is 1.00. The van der Waals surface area contributed by atoms with E-state index in [4.69, 9.17) is 9.15 Å². The van der Waals surface area contributed by atoms with Gasteiger partial charge >= 0.3 is 5.97 Å². The van der Waals surface area contributed by atoms with Crippen molar-refractivity contribution in [3.63, 3.8) is 0 Å². The molecule has 30 heavy (non-hydrogen) atoms. The van der Waals surface area contributed by atoms with Crippen LogP contribution in [0.1, 0.15) is 46.6 Å². The lowest BCUT2D eigenvalue weighted by molar-refractivity contribution is -0.153. The lowest BCUT2D eigenvalue weighted by Crippen LogP contribution is -2.43. The highest BCUT2D eigenvalue weighted by Gasteiger charge is 2.41. The van der Waals surface area contributed by atoms with Gasteiger partial charge in [-0.2, -0.15) is 0 Å². The number of carbonyl (C=O) groups is 3. The second-order valence-corrected chi connectivity index (χ2v) is 6.73. The summed E-state index contributed by atoms with van der Waals surface area (Å²) in [7, 11) is 0. The van der Waals surface area contributed by atoms with Gasteiger partial charge in [-0.15, -0.1) is 10.2 Å². The molecule has 8 nitrogen and oxygen atoms in total. The minimum atomic E-state index is -1.14. The van der Waals surface area contributed by atoms with Crippen molar-refractivity contribution in [3.05, 3.63) is 71.4 Å². The first-order valence-corrected chi connectivity index (χ1v) is 9.13. The number of aromatic nitrogens is 2. The van der Waals surface area contributed by atoms with Crippen molar-refractivity contribution in [1.82, 2.24) is 15.1 Å². The Morgan fingerprint density at radius 2 is 1.60 bits per heavy atom. The number of hydrogen-bond acceptors (Lipinski definition) is 7. The Bertz CT molecular complexity index is 1110. The fourth-order valence-corrected chi connectivity index (χ4v) is 3.10. The van der Waals surface area contributed by atoms with Crippen molar-refractivity contribution in [2.24, 2.45) is 0 Å².